The van der Waals surface area contributed by atoms with Crippen LogP contribution in [0.15, 0.2) is 48.7 Å². The Hall–Kier alpha value is -3.52. The van der Waals surface area contributed by atoms with Crippen molar-refractivity contribution in [1.29, 1.82) is 5.26 Å². The van der Waals surface area contributed by atoms with Gasteiger partial charge in [-0.25, -0.2) is 0 Å². The van der Waals surface area contributed by atoms with Gasteiger partial charge in [-0.1, -0.05) is 30.3 Å². The first-order valence-electron chi connectivity index (χ1n) is 8.89. The fourth-order valence-corrected chi connectivity index (χ4v) is 3.11. The summed E-state index contributed by atoms with van der Waals surface area (Å²) in [6.07, 6.45) is 1.59. The number of hydrogen-bond acceptors (Lipinski definition) is 5. The topological polar surface area (TPSA) is 64.4 Å². The highest BCUT2D eigenvalue weighted by atomic mass is 16.5. The number of rotatable bonds is 6. The molecule has 0 amide bonds. The SMILES string of the molecule is COc1ccc(-c2c(C#N)cnc(C)c2C)c(OCc2ccccc2)c1OC. The van der Waals surface area contributed by atoms with E-state index in [-0.39, 0.29) is 0 Å². The van der Waals surface area contributed by atoms with Crippen LogP contribution in [-0.2, 0) is 6.61 Å². The van der Waals surface area contributed by atoms with Crippen molar-refractivity contribution in [3.05, 3.63) is 71.0 Å². The van der Waals surface area contributed by atoms with Gasteiger partial charge in [0.05, 0.1) is 19.8 Å². The second-order valence-electron chi connectivity index (χ2n) is 6.32. The van der Waals surface area contributed by atoms with E-state index in [1.165, 1.54) is 0 Å². The molecule has 0 N–H and O–H groups in total. The fraction of sp³-hybridized carbons (Fsp3) is 0.217. The Morgan fingerprint density at radius 1 is 0.964 bits per heavy atom. The van der Waals surface area contributed by atoms with Crippen LogP contribution in [0.2, 0.25) is 0 Å². The van der Waals surface area contributed by atoms with Crippen LogP contribution in [-0.4, -0.2) is 19.2 Å². The van der Waals surface area contributed by atoms with Gasteiger partial charge in [0.2, 0.25) is 5.75 Å². The van der Waals surface area contributed by atoms with E-state index in [1.54, 1.807) is 20.4 Å². The van der Waals surface area contributed by atoms with Crippen molar-refractivity contribution in [2.45, 2.75) is 20.5 Å². The lowest BCUT2D eigenvalue weighted by Crippen LogP contribution is -2.03. The molecule has 0 saturated heterocycles. The molecule has 0 spiro atoms. The Labute approximate surface area is 165 Å². The predicted octanol–water partition coefficient (Wildman–Crippen LogP) is 4.83. The van der Waals surface area contributed by atoms with Gasteiger partial charge in [-0.3, -0.25) is 4.98 Å². The van der Waals surface area contributed by atoms with Crippen molar-refractivity contribution >= 4 is 0 Å². The molecule has 3 aromatic rings. The fourth-order valence-electron chi connectivity index (χ4n) is 3.11. The van der Waals surface area contributed by atoms with E-state index in [2.05, 4.69) is 11.1 Å². The Bertz CT molecular complexity index is 1020. The third kappa shape index (κ3) is 3.63. The van der Waals surface area contributed by atoms with E-state index in [0.29, 0.717) is 29.4 Å². The van der Waals surface area contributed by atoms with Gasteiger partial charge in [-0.05, 0) is 37.1 Å². The largest absolute Gasteiger partial charge is 0.493 e. The smallest absolute Gasteiger partial charge is 0.203 e. The summed E-state index contributed by atoms with van der Waals surface area (Å²) < 4.78 is 17.3. The van der Waals surface area contributed by atoms with Crippen molar-refractivity contribution < 1.29 is 14.2 Å². The molecule has 0 fully saturated rings. The van der Waals surface area contributed by atoms with Gasteiger partial charge in [-0.15, -0.1) is 0 Å². The Morgan fingerprint density at radius 2 is 1.71 bits per heavy atom. The lowest BCUT2D eigenvalue weighted by molar-refractivity contribution is 0.276. The summed E-state index contributed by atoms with van der Waals surface area (Å²) in [5.74, 6) is 1.60. The van der Waals surface area contributed by atoms with E-state index in [4.69, 9.17) is 14.2 Å². The summed E-state index contributed by atoms with van der Waals surface area (Å²) in [7, 11) is 3.16. The molecule has 0 atom stereocenters. The molecule has 2 aromatic carbocycles. The molecule has 0 bridgehead atoms. The van der Waals surface area contributed by atoms with Gasteiger partial charge >= 0.3 is 0 Å². The number of ether oxygens (including phenoxy) is 3. The maximum atomic E-state index is 9.63. The second-order valence-corrected chi connectivity index (χ2v) is 6.32. The zero-order valence-electron chi connectivity index (χ0n) is 16.4. The van der Waals surface area contributed by atoms with Crippen LogP contribution in [0.4, 0.5) is 0 Å². The summed E-state index contributed by atoms with van der Waals surface area (Å²) in [5, 5.41) is 9.63. The van der Waals surface area contributed by atoms with Gasteiger partial charge in [0.25, 0.3) is 0 Å². The minimum absolute atomic E-state index is 0.363. The molecule has 1 heterocycles. The molecular formula is C23H22N2O3. The number of aromatic nitrogens is 1. The molecule has 3 rings (SSSR count). The lowest BCUT2D eigenvalue weighted by atomic mass is 9.94. The first kappa shape index (κ1) is 19.2. The quantitative estimate of drug-likeness (QED) is 0.618. The average molecular weight is 374 g/mol. The number of nitriles is 1. The van der Waals surface area contributed by atoms with Crippen molar-refractivity contribution in [3.63, 3.8) is 0 Å². The maximum absolute atomic E-state index is 9.63. The van der Waals surface area contributed by atoms with E-state index >= 15 is 0 Å². The van der Waals surface area contributed by atoms with Crippen LogP contribution in [0.5, 0.6) is 17.2 Å². The highest BCUT2D eigenvalue weighted by molar-refractivity contribution is 5.82. The summed E-state index contributed by atoms with van der Waals surface area (Å²) >= 11 is 0. The Morgan fingerprint density at radius 3 is 2.36 bits per heavy atom. The van der Waals surface area contributed by atoms with Gasteiger partial charge in [0, 0.05) is 23.0 Å². The van der Waals surface area contributed by atoms with Crippen molar-refractivity contribution in [2.75, 3.05) is 14.2 Å². The third-order valence-electron chi connectivity index (χ3n) is 4.69. The zero-order chi connectivity index (χ0) is 20.1. The van der Waals surface area contributed by atoms with E-state index in [9.17, 15) is 5.26 Å². The summed E-state index contributed by atoms with van der Waals surface area (Å²) in [6.45, 7) is 4.24. The van der Waals surface area contributed by atoms with Crippen LogP contribution in [0.25, 0.3) is 11.1 Å². The molecule has 0 radical (unpaired) electrons. The minimum atomic E-state index is 0.363. The minimum Gasteiger partial charge on any atom is -0.493 e. The molecule has 142 valence electrons. The van der Waals surface area contributed by atoms with Crippen LogP contribution < -0.4 is 14.2 Å². The molecule has 5 heteroatoms. The first-order valence-corrected chi connectivity index (χ1v) is 8.89. The highest BCUT2D eigenvalue weighted by Crippen LogP contribution is 2.46. The molecule has 0 saturated carbocycles. The number of benzene rings is 2. The number of methoxy groups -OCH3 is 2. The maximum Gasteiger partial charge on any atom is 0.203 e. The number of pyridine rings is 1. The third-order valence-corrected chi connectivity index (χ3v) is 4.69. The molecule has 0 aliphatic carbocycles. The van der Waals surface area contributed by atoms with Crippen molar-refractivity contribution in [3.8, 4) is 34.4 Å². The van der Waals surface area contributed by atoms with Gasteiger partial charge in [0.1, 0.15) is 12.7 Å². The van der Waals surface area contributed by atoms with Gasteiger partial charge in [-0.2, -0.15) is 5.26 Å². The summed E-state index contributed by atoms with van der Waals surface area (Å²) in [6, 6.07) is 15.8. The number of aryl methyl sites for hydroxylation is 1. The van der Waals surface area contributed by atoms with Gasteiger partial charge in [0.15, 0.2) is 11.5 Å². The Kier molecular flexibility index (Phi) is 5.81. The number of nitrogens with zero attached hydrogens (tertiary/aromatic N) is 2. The Balaban J connectivity index is 2.19. The van der Waals surface area contributed by atoms with Crippen LogP contribution >= 0.6 is 0 Å². The standard InChI is InChI=1S/C23H22N2O3/c1-15-16(2)25-13-18(12-24)21(15)19-10-11-20(26-3)23(27-4)22(19)28-14-17-8-6-5-7-9-17/h5-11,13H,14H2,1-4H3. The molecule has 1 aromatic heterocycles. The predicted molar refractivity (Wildman–Crippen MR) is 108 cm³/mol. The summed E-state index contributed by atoms with van der Waals surface area (Å²) in [4.78, 5) is 4.32. The van der Waals surface area contributed by atoms with Gasteiger partial charge < -0.3 is 14.2 Å². The van der Waals surface area contributed by atoms with E-state index in [1.807, 2.05) is 56.3 Å². The van der Waals surface area contributed by atoms with Crippen LogP contribution in [0.1, 0.15) is 22.4 Å². The normalized spacial score (nSPS) is 10.2. The lowest BCUT2D eigenvalue weighted by Gasteiger charge is -2.20. The molecule has 28 heavy (non-hydrogen) atoms. The van der Waals surface area contributed by atoms with Crippen molar-refractivity contribution in [2.24, 2.45) is 0 Å². The van der Waals surface area contributed by atoms with Crippen LogP contribution in [0, 0.1) is 25.2 Å². The highest BCUT2D eigenvalue weighted by Gasteiger charge is 2.22. The molecule has 0 unspecified atom stereocenters. The van der Waals surface area contributed by atoms with E-state index < -0.39 is 0 Å². The van der Waals surface area contributed by atoms with E-state index in [0.717, 1.165) is 27.9 Å². The average Bonchev–Trinajstić information content (AvgIpc) is 2.74. The molecule has 0 aliphatic rings. The van der Waals surface area contributed by atoms with Crippen LogP contribution in [0.3, 0.4) is 0 Å². The zero-order valence-corrected chi connectivity index (χ0v) is 16.4. The molecule has 0 aliphatic heterocycles. The summed E-state index contributed by atoms with van der Waals surface area (Å²) in [5.41, 5.74) is 4.86. The second kappa shape index (κ2) is 8.45. The number of hydrogen-bond donors (Lipinski definition) is 0. The first-order chi connectivity index (χ1) is 13.6. The molecular weight excluding hydrogens is 352 g/mol. The monoisotopic (exact) mass is 374 g/mol. The molecule has 5 nitrogen and oxygen atoms in total. The van der Waals surface area contributed by atoms with Crippen molar-refractivity contribution in [1.82, 2.24) is 4.98 Å².